The largest absolute Gasteiger partial charge is 0.370 e. The Balaban J connectivity index is 0.000000261. The Hall–Kier alpha value is -0.710. The van der Waals surface area contributed by atoms with E-state index in [1.165, 1.54) is 6.92 Å². The number of rotatable bonds is 0. The molecule has 5 heteroatoms. The summed E-state index contributed by atoms with van der Waals surface area (Å²) in [6, 6.07) is 0. The Morgan fingerprint density at radius 3 is 2.33 bits per heavy atom. The van der Waals surface area contributed by atoms with Crippen LogP contribution in [-0.2, 0) is 4.79 Å². The molecule has 0 aromatic carbocycles. The van der Waals surface area contributed by atoms with Gasteiger partial charge in [-0.25, -0.2) is 4.39 Å². The van der Waals surface area contributed by atoms with Crippen molar-refractivity contribution < 1.29 is 13.7 Å². The molecule has 1 rings (SSSR count). The van der Waals surface area contributed by atoms with E-state index in [2.05, 4.69) is 5.73 Å². The topological polar surface area (TPSA) is 46.3 Å². The molecular weight excluding hydrogens is 166 g/mol. The molecule has 1 fully saturated rings. The summed E-state index contributed by atoms with van der Waals surface area (Å²) in [5, 5.41) is 0.267. The highest BCUT2D eigenvalue weighted by atomic mass is 19.2. The zero-order valence-corrected chi connectivity index (χ0v) is 7.09. The van der Waals surface area contributed by atoms with Gasteiger partial charge in [-0.3, -0.25) is 4.79 Å². The molecule has 1 aliphatic heterocycles. The molecule has 1 atom stereocenters. The average Bonchev–Trinajstić information content (AvgIpc) is 1.94. The highest BCUT2D eigenvalue weighted by molar-refractivity contribution is 5.70. The molecule has 0 spiro atoms. The molecule has 2 N–H and O–H groups in total. The number of amides is 1. The van der Waals surface area contributed by atoms with Gasteiger partial charge in [0.15, 0.2) is 6.30 Å². The van der Waals surface area contributed by atoms with Crippen LogP contribution < -0.4 is 5.73 Å². The first-order valence-electron chi connectivity index (χ1n) is 3.86. The van der Waals surface area contributed by atoms with Gasteiger partial charge in [0.25, 0.3) is 0 Å². The Kier molecular flexibility index (Phi) is 5.53. The zero-order chi connectivity index (χ0) is 9.56. The summed E-state index contributed by atoms with van der Waals surface area (Å²) in [7, 11) is 0. The summed E-state index contributed by atoms with van der Waals surface area (Å²) in [5.74, 6) is -0.333. The first kappa shape index (κ1) is 11.3. The SMILES string of the molecule is CC(N)=O.FC1CCCCN1F. The van der Waals surface area contributed by atoms with Crippen molar-refractivity contribution in [2.24, 2.45) is 5.73 Å². The number of alkyl halides is 1. The maximum atomic E-state index is 12.1. The Labute approximate surface area is 70.5 Å². The fourth-order valence-electron chi connectivity index (χ4n) is 0.856. The van der Waals surface area contributed by atoms with Crippen molar-refractivity contribution in [3.63, 3.8) is 0 Å². The van der Waals surface area contributed by atoms with Crippen LogP contribution in [0, 0.1) is 0 Å². The molecule has 0 bridgehead atoms. The van der Waals surface area contributed by atoms with Gasteiger partial charge in [0.1, 0.15) is 0 Å². The smallest absolute Gasteiger partial charge is 0.214 e. The van der Waals surface area contributed by atoms with Gasteiger partial charge in [-0.1, -0.05) is 0 Å². The fourth-order valence-corrected chi connectivity index (χ4v) is 0.856. The summed E-state index contributed by atoms with van der Waals surface area (Å²) < 4.78 is 24.2. The Bertz CT molecular complexity index is 129. The minimum Gasteiger partial charge on any atom is -0.370 e. The lowest BCUT2D eigenvalue weighted by atomic mass is 10.1. The summed E-state index contributed by atoms with van der Waals surface area (Å²) in [6.07, 6.45) is 0.637. The van der Waals surface area contributed by atoms with Gasteiger partial charge >= 0.3 is 0 Å². The number of nitrogens with zero attached hydrogens (tertiary/aromatic N) is 1. The zero-order valence-electron chi connectivity index (χ0n) is 7.09. The first-order chi connectivity index (χ1) is 5.54. The van der Waals surface area contributed by atoms with Crippen LogP contribution in [0.25, 0.3) is 0 Å². The van der Waals surface area contributed by atoms with Crippen LogP contribution in [0.5, 0.6) is 0 Å². The quantitative estimate of drug-likeness (QED) is 0.449. The molecular formula is C7H14F2N2O. The number of primary amides is 1. The number of hydrogen-bond donors (Lipinski definition) is 1. The molecule has 0 aromatic heterocycles. The minimum absolute atomic E-state index is 0.265. The molecule has 0 aliphatic carbocycles. The van der Waals surface area contributed by atoms with Crippen LogP contribution in [-0.4, -0.2) is 23.9 Å². The normalized spacial score (nSPS) is 24.1. The van der Waals surface area contributed by atoms with Crippen LogP contribution >= 0.6 is 0 Å². The maximum absolute atomic E-state index is 12.1. The summed E-state index contributed by atoms with van der Waals surface area (Å²) in [6.45, 7) is 1.57. The number of halogens is 2. The van der Waals surface area contributed by atoms with E-state index in [4.69, 9.17) is 0 Å². The second-order valence-corrected chi connectivity index (χ2v) is 2.66. The molecule has 1 heterocycles. The van der Waals surface area contributed by atoms with Gasteiger partial charge in [-0.2, -0.15) is 0 Å². The van der Waals surface area contributed by atoms with Crippen molar-refractivity contribution >= 4 is 5.91 Å². The van der Waals surface area contributed by atoms with Crippen LogP contribution in [0.3, 0.4) is 0 Å². The van der Waals surface area contributed by atoms with E-state index >= 15 is 0 Å². The van der Waals surface area contributed by atoms with Gasteiger partial charge in [-0.15, -0.1) is 9.60 Å². The van der Waals surface area contributed by atoms with Crippen molar-refractivity contribution in [3.05, 3.63) is 0 Å². The fraction of sp³-hybridized carbons (Fsp3) is 0.857. The molecule has 12 heavy (non-hydrogen) atoms. The lowest BCUT2D eigenvalue weighted by molar-refractivity contribution is -0.115. The van der Waals surface area contributed by atoms with E-state index in [-0.39, 0.29) is 17.6 Å². The average molecular weight is 180 g/mol. The molecule has 0 aromatic rings. The Morgan fingerprint density at radius 1 is 1.58 bits per heavy atom. The third-order valence-electron chi connectivity index (χ3n) is 1.37. The maximum Gasteiger partial charge on any atom is 0.214 e. The molecule has 1 unspecified atom stereocenters. The highest BCUT2D eigenvalue weighted by Crippen LogP contribution is 2.17. The lowest BCUT2D eigenvalue weighted by Gasteiger charge is -2.20. The molecule has 0 saturated carbocycles. The molecule has 72 valence electrons. The van der Waals surface area contributed by atoms with Crippen LogP contribution in [0.2, 0.25) is 0 Å². The summed E-state index contributed by atoms with van der Waals surface area (Å²) >= 11 is 0. The van der Waals surface area contributed by atoms with E-state index in [1.54, 1.807) is 0 Å². The molecule has 1 saturated heterocycles. The van der Waals surface area contributed by atoms with E-state index in [0.717, 1.165) is 12.8 Å². The highest BCUT2D eigenvalue weighted by Gasteiger charge is 2.20. The van der Waals surface area contributed by atoms with Crippen LogP contribution in [0.4, 0.5) is 8.87 Å². The molecule has 1 amide bonds. The van der Waals surface area contributed by atoms with Crippen molar-refractivity contribution in [2.75, 3.05) is 6.54 Å². The number of carbonyl (C=O) groups is 1. The lowest BCUT2D eigenvalue weighted by Crippen LogP contribution is -2.28. The van der Waals surface area contributed by atoms with Gasteiger partial charge in [-0.05, 0) is 19.3 Å². The minimum atomic E-state index is -1.33. The standard InChI is InChI=1S/C5H9F2N.C2H5NO/c6-5-3-1-2-4-8(5)7;1-2(3)4/h5H,1-4H2;1H3,(H2,3,4). The number of hydrogen-bond acceptors (Lipinski definition) is 2. The third kappa shape index (κ3) is 6.03. The van der Waals surface area contributed by atoms with Crippen molar-refractivity contribution in [3.8, 4) is 0 Å². The predicted molar refractivity (Wildman–Crippen MR) is 41.4 cm³/mol. The number of piperidine rings is 1. The van der Waals surface area contributed by atoms with Gasteiger partial charge < -0.3 is 5.73 Å². The summed E-state index contributed by atoms with van der Waals surface area (Å²) in [4.78, 5) is 9.22. The van der Waals surface area contributed by atoms with Crippen LogP contribution in [0.15, 0.2) is 0 Å². The second kappa shape index (κ2) is 5.88. The van der Waals surface area contributed by atoms with Crippen molar-refractivity contribution in [1.29, 1.82) is 0 Å². The second-order valence-electron chi connectivity index (χ2n) is 2.66. The van der Waals surface area contributed by atoms with E-state index in [1.807, 2.05) is 0 Å². The van der Waals surface area contributed by atoms with Crippen molar-refractivity contribution in [2.45, 2.75) is 32.5 Å². The van der Waals surface area contributed by atoms with Crippen molar-refractivity contribution in [1.82, 2.24) is 5.12 Å². The molecule has 1 aliphatic rings. The molecule has 0 radical (unpaired) electrons. The number of carbonyl (C=O) groups excluding carboxylic acids is 1. The Morgan fingerprint density at radius 2 is 2.08 bits per heavy atom. The van der Waals surface area contributed by atoms with Gasteiger partial charge in [0, 0.05) is 13.5 Å². The van der Waals surface area contributed by atoms with Crippen LogP contribution in [0.1, 0.15) is 26.2 Å². The van der Waals surface area contributed by atoms with Gasteiger partial charge in [0.05, 0.1) is 0 Å². The predicted octanol–water partition coefficient (Wildman–Crippen LogP) is 1.14. The van der Waals surface area contributed by atoms with E-state index < -0.39 is 6.30 Å². The van der Waals surface area contributed by atoms with Gasteiger partial charge in [0.2, 0.25) is 5.91 Å². The van der Waals surface area contributed by atoms with E-state index in [9.17, 15) is 13.7 Å². The summed E-state index contributed by atoms with van der Waals surface area (Å²) in [5.41, 5.74) is 4.47. The monoisotopic (exact) mass is 180 g/mol. The first-order valence-corrected chi connectivity index (χ1v) is 3.86. The number of nitrogens with two attached hydrogens (primary N) is 1. The van der Waals surface area contributed by atoms with E-state index in [0.29, 0.717) is 6.42 Å². The third-order valence-corrected chi connectivity index (χ3v) is 1.37. The molecule has 3 nitrogen and oxygen atoms in total.